The van der Waals surface area contributed by atoms with Gasteiger partial charge in [0.25, 0.3) is 5.56 Å². The molecule has 0 spiro atoms. The van der Waals surface area contributed by atoms with Crippen LogP contribution in [0, 0.1) is 5.82 Å². The van der Waals surface area contributed by atoms with E-state index in [2.05, 4.69) is 20.0 Å². The minimum atomic E-state index is -0.479. The van der Waals surface area contributed by atoms with Crippen molar-refractivity contribution in [3.8, 4) is 17.1 Å². The van der Waals surface area contributed by atoms with Gasteiger partial charge in [-0.2, -0.15) is 4.68 Å². The van der Waals surface area contributed by atoms with Crippen molar-refractivity contribution in [3.63, 3.8) is 0 Å². The van der Waals surface area contributed by atoms with E-state index in [1.807, 2.05) is 30.3 Å². The van der Waals surface area contributed by atoms with E-state index in [-0.39, 0.29) is 22.9 Å². The summed E-state index contributed by atoms with van der Waals surface area (Å²) in [6.45, 7) is 0.728. The topological polar surface area (TPSA) is 81.8 Å². The van der Waals surface area contributed by atoms with Crippen LogP contribution in [0.25, 0.3) is 17.1 Å². The molecule has 5 rings (SSSR count). The van der Waals surface area contributed by atoms with Gasteiger partial charge in [0.15, 0.2) is 11.0 Å². The molecule has 0 atom stereocenters. The highest BCUT2D eigenvalue weighted by Crippen LogP contribution is 2.30. The molecule has 0 aromatic heterocycles. The number of benzene rings is 2. The second-order valence-corrected chi connectivity index (χ2v) is 8.81. The first kappa shape index (κ1) is 21.4. The number of para-hydroxylation sites is 2. The fraction of sp³-hybridized carbons (Fsp3) is 0.250. The van der Waals surface area contributed by atoms with Crippen molar-refractivity contribution in [2.24, 2.45) is 0 Å². The molecule has 0 saturated heterocycles. The number of thioether (sulfide) groups is 1. The number of fused-ring (bicyclic) bond motifs is 3. The van der Waals surface area contributed by atoms with Crippen LogP contribution in [0.5, 0.6) is 0 Å². The van der Waals surface area contributed by atoms with Gasteiger partial charge in [-0.1, -0.05) is 48.5 Å². The molecule has 2 aromatic carbocycles. The lowest BCUT2D eigenvalue weighted by atomic mass is 10.1. The number of carbonyl (C=O) groups excluding carboxylic acids is 1. The normalized spacial score (nSPS) is 13.5. The van der Waals surface area contributed by atoms with E-state index in [1.165, 1.54) is 28.6 Å². The van der Waals surface area contributed by atoms with Crippen LogP contribution in [0.3, 0.4) is 0 Å². The smallest absolute Gasteiger partial charge is 0.284 e. The minimum Gasteiger partial charge on any atom is -0.324 e. The van der Waals surface area contributed by atoms with E-state index in [0.29, 0.717) is 22.2 Å². The summed E-state index contributed by atoms with van der Waals surface area (Å²) < 4.78 is 17.3. The van der Waals surface area contributed by atoms with Crippen LogP contribution in [-0.2, 0) is 17.8 Å². The maximum atomic E-state index is 13.9. The zero-order chi connectivity index (χ0) is 22.8. The fourth-order valence-electron chi connectivity index (χ4n) is 4.09. The fourth-order valence-corrected chi connectivity index (χ4v) is 4.93. The van der Waals surface area contributed by atoms with Crippen LogP contribution in [0.15, 0.2) is 64.5 Å². The Labute approximate surface area is 194 Å². The van der Waals surface area contributed by atoms with E-state index in [0.717, 1.165) is 37.9 Å². The number of nitrogens with one attached hydrogen (secondary N) is 1. The SMILES string of the molecule is O=C(CSc1nc2nn(-c3ccccc3)c(=O)c-2c2n1CCCCC2)Nc1ccccc1F. The number of halogens is 1. The lowest BCUT2D eigenvalue weighted by Gasteiger charge is -2.17. The molecule has 1 amide bonds. The molecule has 0 saturated carbocycles. The summed E-state index contributed by atoms with van der Waals surface area (Å²) in [5.74, 6) is -0.355. The highest BCUT2D eigenvalue weighted by Gasteiger charge is 2.27. The Morgan fingerprint density at radius 2 is 1.85 bits per heavy atom. The molecule has 3 aliphatic rings. The molecule has 0 fully saturated rings. The van der Waals surface area contributed by atoms with E-state index < -0.39 is 5.82 Å². The Bertz CT molecular complexity index is 1330. The van der Waals surface area contributed by atoms with Crippen LogP contribution in [0.4, 0.5) is 10.1 Å². The molecule has 33 heavy (non-hydrogen) atoms. The molecule has 0 unspecified atom stereocenters. The molecule has 168 valence electrons. The first-order valence-electron chi connectivity index (χ1n) is 10.9. The third-order valence-electron chi connectivity index (χ3n) is 5.65. The van der Waals surface area contributed by atoms with Gasteiger partial charge in [0.2, 0.25) is 5.91 Å². The van der Waals surface area contributed by atoms with Crippen LogP contribution in [-0.4, -0.2) is 31.0 Å². The van der Waals surface area contributed by atoms with Crippen LogP contribution in [0.1, 0.15) is 25.0 Å². The van der Waals surface area contributed by atoms with Gasteiger partial charge in [-0.25, -0.2) is 9.37 Å². The van der Waals surface area contributed by atoms with Gasteiger partial charge in [-0.05, 0) is 43.5 Å². The number of rotatable bonds is 5. The number of anilines is 1. The van der Waals surface area contributed by atoms with E-state index in [1.54, 1.807) is 12.1 Å². The zero-order valence-corrected chi connectivity index (χ0v) is 18.6. The van der Waals surface area contributed by atoms with Gasteiger partial charge < -0.3 is 9.88 Å². The Morgan fingerprint density at radius 3 is 2.67 bits per heavy atom. The maximum Gasteiger partial charge on any atom is 0.284 e. The molecule has 0 aliphatic carbocycles. The molecule has 0 bridgehead atoms. The number of carbonyl (C=O) groups is 1. The molecule has 2 aromatic rings. The predicted molar refractivity (Wildman–Crippen MR) is 126 cm³/mol. The summed E-state index contributed by atoms with van der Waals surface area (Å²) in [5, 5.41) is 7.75. The van der Waals surface area contributed by atoms with Crippen LogP contribution < -0.4 is 10.9 Å². The van der Waals surface area contributed by atoms with Crippen LogP contribution >= 0.6 is 11.8 Å². The number of aromatic nitrogens is 4. The average Bonchev–Trinajstić information content (AvgIpc) is 2.99. The Hall–Kier alpha value is -3.46. The Balaban J connectivity index is 1.49. The zero-order valence-electron chi connectivity index (χ0n) is 17.8. The van der Waals surface area contributed by atoms with Crippen molar-refractivity contribution in [2.75, 3.05) is 11.1 Å². The highest BCUT2D eigenvalue weighted by molar-refractivity contribution is 7.99. The lowest BCUT2D eigenvalue weighted by molar-refractivity contribution is -0.113. The van der Waals surface area contributed by atoms with Crippen molar-refractivity contribution in [3.05, 3.63) is 76.5 Å². The van der Waals surface area contributed by atoms with Gasteiger partial charge in [0, 0.05) is 12.2 Å². The molecule has 9 heteroatoms. The lowest BCUT2D eigenvalue weighted by Crippen LogP contribution is -2.20. The Morgan fingerprint density at radius 1 is 1.06 bits per heavy atom. The van der Waals surface area contributed by atoms with Gasteiger partial charge >= 0.3 is 0 Å². The minimum absolute atomic E-state index is 0.0654. The monoisotopic (exact) mass is 463 g/mol. The molecule has 1 N–H and O–H groups in total. The van der Waals surface area contributed by atoms with E-state index in [9.17, 15) is 14.0 Å². The summed E-state index contributed by atoms with van der Waals surface area (Å²) in [6, 6.07) is 15.3. The second kappa shape index (κ2) is 9.19. The largest absolute Gasteiger partial charge is 0.324 e. The third-order valence-corrected chi connectivity index (χ3v) is 6.62. The highest BCUT2D eigenvalue weighted by atomic mass is 32.2. The number of hydrogen-bond acceptors (Lipinski definition) is 5. The molecule has 7 nitrogen and oxygen atoms in total. The van der Waals surface area contributed by atoms with Crippen molar-refractivity contribution < 1.29 is 9.18 Å². The quantitative estimate of drug-likeness (QED) is 0.356. The number of nitrogens with zero attached hydrogens (tertiary/aromatic N) is 4. The molecular formula is C24H22FN5O2S. The number of amides is 1. The van der Waals surface area contributed by atoms with Crippen molar-refractivity contribution >= 4 is 23.4 Å². The molecule has 3 heterocycles. The molecule has 0 radical (unpaired) electrons. The third kappa shape index (κ3) is 4.28. The average molecular weight is 464 g/mol. The van der Waals surface area contributed by atoms with Gasteiger partial charge in [-0.15, -0.1) is 5.10 Å². The maximum absolute atomic E-state index is 13.9. The molecule has 3 aliphatic heterocycles. The summed E-state index contributed by atoms with van der Waals surface area (Å²) in [5.41, 5.74) is 2.12. The summed E-state index contributed by atoms with van der Waals surface area (Å²) in [4.78, 5) is 30.4. The number of hydrogen-bond donors (Lipinski definition) is 1. The summed E-state index contributed by atoms with van der Waals surface area (Å²) in [7, 11) is 0. The van der Waals surface area contributed by atoms with Crippen molar-refractivity contribution in [1.82, 2.24) is 19.3 Å². The van der Waals surface area contributed by atoms with Gasteiger partial charge in [0.1, 0.15) is 11.4 Å². The van der Waals surface area contributed by atoms with Crippen LogP contribution in [0.2, 0.25) is 0 Å². The summed E-state index contributed by atoms with van der Waals surface area (Å²) in [6.07, 6.45) is 3.76. The van der Waals surface area contributed by atoms with E-state index in [4.69, 9.17) is 0 Å². The van der Waals surface area contributed by atoms with E-state index >= 15 is 0 Å². The summed E-state index contributed by atoms with van der Waals surface area (Å²) >= 11 is 1.27. The van der Waals surface area contributed by atoms with Gasteiger partial charge in [-0.3, -0.25) is 9.59 Å². The van der Waals surface area contributed by atoms with Crippen molar-refractivity contribution in [2.45, 2.75) is 37.4 Å². The molecular weight excluding hydrogens is 441 g/mol. The predicted octanol–water partition coefficient (Wildman–Crippen LogP) is 4.13. The first-order valence-corrected chi connectivity index (χ1v) is 11.9. The second-order valence-electron chi connectivity index (χ2n) is 7.87. The first-order chi connectivity index (χ1) is 16.1. The van der Waals surface area contributed by atoms with Crippen molar-refractivity contribution in [1.29, 1.82) is 0 Å². The van der Waals surface area contributed by atoms with Gasteiger partial charge in [0.05, 0.1) is 17.1 Å². The Kier molecular flexibility index (Phi) is 5.95. The standard InChI is InChI=1S/C24H22FN5O2S/c25-17-11-6-7-12-18(17)26-20(31)15-33-24-27-22-21(19-13-5-2-8-14-29(19)24)23(32)30(28-22)16-9-3-1-4-10-16/h1,3-4,6-7,9-12H,2,5,8,13-15H2,(H,26,31).